The Morgan fingerprint density at radius 3 is 2.60 bits per heavy atom. The summed E-state index contributed by atoms with van der Waals surface area (Å²) in [5, 5.41) is 5.71. The molecule has 1 aromatic heterocycles. The van der Waals surface area contributed by atoms with Crippen LogP contribution in [0.15, 0.2) is 35.0 Å². The van der Waals surface area contributed by atoms with Crippen molar-refractivity contribution in [2.24, 2.45) is 5.92 Å². The fourth-order valence-corrected chi connectivity index (χ4v) is 4.56. The van der Waals surface area contributed by atoms with Gasteiger partial charge in [-0.2, -0.15) is 11.3 Å². The summed E-state index contributed by atoms with van der Waals surface area (Å²) < 4.78 is 0. The number of halogens is 2. The van der Waals surface area contributed by atoms with Crippen molar-refractivity contribution in [3.63, 3.8) is 0 Å². The van der Waals surface area contributed by atoms with Crippen molar-refractivity contribution < 1.29 is 0 Å². The molecular weight excluding hydrogens is 371 g/mol. The van der Waals surface area contributed by atoms with Crippen LogP contribution in [0.1, 0.15) is 24.0 Å². The van der Waals surface area contributed by atoms with Gasteiger partial charge >= 0.3 is 0 Å². The lowest BCUT2D eigenvalue weighted by molar-refractivity contribution is 0.153. The van der Waals surface area contributed by atoms with Crippen LogP contribution in [0.5, 0.6) is 0 Å². The first-order chi connectivity index (χ1) is 12.1. The van der Waals surface area contributed by atoms with Gasteiger partial charge in [0.1, 0.15) is 0 Å². The number of rotatable bonds is 7. The molecule has 0 amide bonds. The smallest absolute Gasteiger partial charge is 0.0595 e. The van der Waals surface area contributed by atoms with Crippen LogP contribution in [0.4, 0.5) is 0 Å². The third-order valence-corrected chi connectivity index (χ3v) is 6.48. The zero-order valence-electron chi connectivity index (χ0n) is 14.8. The minimum Gasteiger partial charge on any atom is -0.303 e. The minimum absolute atomic E-state index is 0.637. The van der Waals surface area contributed by atoms with Gasteiger partial charge in [-0.05, 0) is 85.4 Å². The Labute approximate surface area is 165 Å². The Bertz CT molecular complexity index is 652. The monoisotopic (exact) mass is 396 g/mol. The maximum Gasteiger partial charge on any atom is 0.0595 e. The first-order valence-corrected chi connectivity index (χ1v) is 10.7. The lowest BCUT2D eigenvalue weighted by Crippen LogP contribution is -2.38. The number of nitrogens with zero attached hydrogens (tertiary/aromatic N) is 2. The third-order valence-electron chi connectivity index (χ3n) is 5.01. The second-order valence-corrected chi connectivity index (χ2v) is 8.71. The van der Waals surface area contributed by atoms with Crippen LogP contribution in [0.25, 0.3) is 0 Å². The van der Waals surface area contributed by atoms with Gasteiger partial charge in [0.15, 0.2) is 0 Å². The topological polar surface area (TPSA) is 6.48 Å². The van der Waals surface area contributed by atoms with Crippen molar-refractivity contribution in [1.29, 1.82) is 0 Å². The largest absolute Gasteiger partial charge is 0.303 e. The van der Waals surface area contributed by atoms with Gasteiger partial charge in [0.05, 0.1) is 10.0 Å². The zero-order chi connectivity index (χ0) is 17.6. The third kappa shape index (κ3) is 5.97. The first kappa shape index (κ1) is 19.2. The molecule has 1 aliphatic rings. The second kappa shape index (κ2) is 9.38. The van der Waals surface area contributed by atoms with E-state index >= 15 is 0 Å². The molecular formula is C20H26Cl2N2S. The van der Waals surface area contributed by atoms with Gasteiger partial charge < -0.3 is 9.80 Å². The van der Waals surface area contributed by atoms with Gasteiger partial charge in [-0.25, -0.2) is 0 Å². The standard InChI is InChI=1S/C20H26Cl2N2S/c1-23(14-18-7-11-25-15-18)13-17-5-9-24(10-6-17)8-4-16-2-3-19(21)20(22)12-16/h2-3,7,11-12,15,17H,4-6,8-10,13-14H2,1H3. The predicted molar refractivity (Wildman–Crippen MR) is 110 cm³/mol. The molecule has 0 atom stereocenters. The predicted octanol–water partition coefficient (Wildman–Crippen LogP) is 5.44. The molecule has 2 aromatic rings. The van der Waals surface area contributed by atoms with Crippen molar-refractivity contribution >= 4 is 34.5 Å². The summed E-state index contributed by atoms with van der Waals surface area (Å²) in [4.78, 5) is 5.05. The van der Waals surface area contributed by atoms with Gasteiger partial charge in [-0.3, -0.25) is 0 Å². The summed E-state index contributed by atoms with van der Waals surface area (Å²) in [6.07, 6.45) is 3.64. The van der Waals surface area contributed by atoms with Crippen LogP contribution in [-0.2, 0) is 13.0 Å². The summed E-state index contributed by atoms with van der Waals surface area (Å²) in [7, 11) is 2.24. The highest BCUT2D eigenvalue weighted by atomic mass is 35.5. The Morgan fingerprint density at radius 1 is 1.12 bits per heavy atom. The van der Waals surface area contributed by atoms with E-state index in [4.69, 9.17) is 23.2 Å². The Balaban J connectivity index is 1.37. The van der Waals surface area contributed by atoms with E-state index in [2.05, 4.69) is 39.7 Å². The molecule has 0 aliphatic carbocycles. The van der Waals surface area contributed by atoms with E-state index in [-0.39, 0.29) is 0 Å². The maximum absolute atomic E-state index is 6.10. The lowest BCUT2D eigenvalue weighted by atomic mass is 9.96. The van der Waals surface area contributed by atoms with E-state index < -0.39 is 0 Å². The fraction of sp³-hybridized carbons (Fsp3) is 0.500. The van der Waals surface area contributed by atoms with Crippen LogP contribution in [0.3, 0.4) is 0 Å². The summed E-state index contributed by atoms with van der Waals surface area (Å²) in [5.41, 5.74) is 2.71. The molecule has 1 aliphatic heterocycles. The fourth-order valence-electron chi connectivity index (χ4n) is 3.57. The van der Waals surface area contributed by atoms with E-state index in [1.807, 2.05) is 12.1 Å². The van der Waals surface area contributed by atoms with E-state index in [0.29, 0.717) is 10.0 Å². The Hall–Kier alpha value is -0.580. The zero-order valence-corrected chi connectivity index (χ0v) is 17.1. The number of likely N-dealkylation sites (tertiary alicyclic amines) is 1. The molecule has 0 N–H and O–H groups in total. The number of hydrogen-bond acceptors (Lipinski definition) is 3. The van der Waals surface area contributed by atoms with E-state index in [9.17, 15) is 0 Å². The quantitative estimate of drug-likeness (QED) is 0.614. The van der Waals surface area contributed by atoms with Gasteiger partial charge in [0.2, 0.25) is 0 Å². The van der Waals surface area contributed by atoms with Crippen molar-refractivity contribution in [3.05, 3.63) is 56.2 Å². The maximum atomic E-state index is 6.10. The van der Waals surface area contributed by atoms with Gasteiger partial charge in [0.25, 0.3) is 0 Å². The number of thiophene rings is 1. The molecule has 5 heteroatoms. The molecule has 25 heavy (non-hydrogen) atoms. The molecule has 136 valence electrons. The highest BCUT2D eigenvalue weighted by Gasteiger charge is 2.20. The van der Waals surface area contributed by atoms with Gasteiger partial charge in [-0.15, -0.1) is 0 Å². The summed E-state index contributed by atoms with van der Waals surface area (Å²) in [5.74, 6) is 0.824. The lowest BCUT2D eigenvalue weighted by Gasteiger charge is -2.34. The average molecular weight is 397 g/mol. The molecule has 3 rings (SSSR count). The summed E-state index contributed by atoms with van der Waals surface area (Å²) in [6.45, 7) is 5.80. The molecule has 2 nitrogen and oxygen atoms in total. The highest BCUT2D eigenvalue weighted by Crippen LogP contribution is 2.24. The van der Waals surface area contributed by atoms with Crippen LogP contribution in [0.2, 0.25) is 10.0 Å². The number of hydrogen-bond donors (Lipinski definition) is 0. The van der Waals surface area contributed by atoms with Crippen LogP contribution in [-0.4, -0.2) is 43.0 Å². The average Bonchev–Trinajstić information content (AvgIpc) is 3.10. The molecule has 2 heterocycles. The molecule has 0 bridgehead atoms. The van der Waals surface area contributed by atoms with E-state index in [1.54, 1.807) is 11.3 Å². The summed E-state index contributed by atoms with van der Waals surface area (Å²) in [6, 6.07) is 8.21. The van der Waals surface area contributed by atoms with Crippen molar-refractivity contribution in [2.75, 3.05) is 33.2 Å². The molecule has 0 unspecified atom stereocenters. The van der Waals surface area contributed by atoms with E-state index in [1.165, 1.54) is 43.6 Å². The van der Waals surface area contributed by atoms with Gasteiger partial charge in [-0.1, -0.05) is 29.3 Å². The molecule has 0 spiro atoms. The Kier molecular flexibility index (Phi) is 7.20. The van der Waals surface area contributed by atoms with Crippen LogP contribution >= 0.6 is 34.5 Å². The second-order valence-electron chi connectivity index (χ2n) is 7.11. The number of benzene rings is 1. The SMILES string of the molecule is CN(Cc1ccsc1)CC1CCN(CCc2ccc(Cl)c(Cl)c2)CC1. The van der Waals surface area contributed by atoms with Crippen LogP contribution < -0.4 is 0 Å². The highest BCUT2D eigenvalue weighted by molar-refractivity contribution is 7.07. The molecule has 0 radical (unpaired) electrons. The van der Waals surface area contributed by atoms with E-state index in [0.717, 1.165) is 25.4 Å². The van der Waals surface area contributed by atoms with Crippen molar-refractivity contribution in [1.82, 2.24) is 9.80 Å². The minimum atomic E-state index is 0.637. The molecule has 1 aromatic carbocycles. The van der Waals surface area contributed by atoms with Crippen molar-refractivity contribution in [2.45, 2.75) is 25.8 Å². The first-order valence-electron chi connectivity index (χ1n) is 8.96. The normalized spacial score (nSPS) is 16.6. The summed E-state index contributed by atoms with van der Waals surface area (Å²) >= 11 is 13.9. The van der Waals surface area contributed by atoms with Gasteiger partial charge in [0, 0.05) is 19.6 Å². The molecule has 1 saturated heterocycles. The van der Waals surface area contributed by atoms with Crippen molar-refractivity contribution in [3.8, 4) is 0 Å². The Morgan fingerprint density at radius 2 is 1.92 bits per heavy atom. The molecule has 1 fully saturated rings. The molecule has 0 saturated carbocycles. The van der Waals surface area contributed by atoms with Crippen LogP contribution in [0, 0.1) is 5.92 Å². The number of piperidine rings is 1.